The van der Waals surface area contributed by atoms with Crippen LogP contribution in [-0.2, 0) is 10.2 Å². The molecule has 1 N–H and O–H groups in total. The van der Waals surface area contributed by atoms with Crippen molar-refractivity contribution < 1.29 is 14.5 Å². The van der Waals surface area contributed by atoms with Gasteiger partial charge in [0.05, 0.1) is 11.1 Å². The Bertz CT molecular complexity index is 913. The summed E-state index contributed by atoms with van der Waals surface area (Å²) < 4.78 is 5.51. The van der Waals surface area contributed by atoms with Crippen molar-refractivity contribution in [2.24, 2.45) is 10.5 Å². The number of nitrogens with one attached hydrogen (secondary N) is 1. The zero-order valence-corrected chi connectivity index (χ0v) is 18.1. The van der Waals surface area contributed by atoms with Crippen molar-refractivity contribution in [3.8, 4) is 5.75 Å². The number of hydrazone groups is 1. The zero-order chi connectivity index (χ0) is 22.4. The molecule has 0 fully saturated rings. The number of hydrogen-bond acceptors (Lipinski definition) is 5. The van der Waals surface area contributed by atoms with Crippen molar-refractivity contribution in [2.45, 2.75) is 46.5 Å². The van der Waals surface area contributed by atoms with Gasteiger partial charge < -0.3 is 4.74 Å². The van der Waals surface area contributed by atoms with E-state index in [0.717, 1.165) is 6.42 Å². The predicted molar refractivity (Wildman–Crippen MR) is 118 cm³/mol. The first kappa shape index (κ1) is 23.1. The Kier molecular flexibility index (Phi) is 7.32. The summed E-state index contributed by atoms with van der Waals surface area (Å²) >= 11 is 0. The number of ether oxygens (including phenoxy) is 1. The molecule has 0 aliphatic carbocycles. The van der Waals surface area contributed by atoms with Gasteiger partial charge in [-0.2, -0.15) is 5.10 Å². The summed E-state index contributed by atoms with van der Waals surface area (Å²) in [5.41, 5.74) is 4.30. The van der Waals surface area contributed by atoms with Gasteiger partial charge >= 0.3 is 0 Å². The van der Waals surface area contributed by atoms with Gasteiger partial charge in [-0.15, -0.1) is 0 Å². The monoisotopic (exact) mass is 411 g/mol. The molecule has 0 saturated heterocycles. The summed E-state index contributed by atoms with van der Waals surface area (Å²) in [4.78, 5) is 22.2. The maximum Gasteiger partial charge on any atom is 0.277 e. The zero-order valence-electron chi connectivity index (χ0n) is 18.1. The molecule has 2 aromatic rings. The van der Waals surface area contributed by atoms with E-state index >= 15 is 0 Å². The van der Waals surface area contributed by atoms with Crippen molar-refractivity contribution in [1.82, 2.24) is 5.43 Å². The summed E-state index contributed by atoms with van der Waals surface area (Å²) in [5.74, 6) is 0.178. The highest BCUT2D eigenvalue weighted by Gasteiger charge is 2.27. The van der Waals surface area contributed by atoms with Crippen LogP contribution in [-0.4, -0.2) is 23.7 Å². The van der Waals surface area contributed by atoms with E-state index < -0.39 is 10.8 Å². The first-order chi connectivity index (χ1) is 14.0. The summed E-state index contributed by atoms with van der Waals surface area (Å²) in [6.45, 7) is 10.9. The topological polar surface area (TPSA) is 93.8 Å². The van der Waals surface area contributed by atoms with E-state index in [4.69, 9.17) is 4.74 Å². The van der Waals surface area contributed by atoms with E-state index in [9.17, 15) is 14.9 Å². The molecule has 0 spiro atoms. The highest BCUT2D eigenvalue weighted by atomic mass is 16.6. The van der Waals surface area contributed by atoms with Crippen LogP contribution in [0.1, 0.15) is 52.2 Å². The first-order valence-electron chi connectivity index (χ1n) is 9.76. The van der Waals surface area contributed by atoms with Crippen molar-refractivity contribution in [3.05, 3.63) is 69.8 Å². The number of rotatable bonds is 8. The number of benzene rings is 2. The van der Waals surface area contributed by atoms with Crippen molar-refractivity contribution in [1.29, 1.82) is 0 Å². The van der Waals surface area contributed by atoms with E-state index in [2.05, 4.69) is 45.1 Å². The number of carbonyl (C=O) groups is 1. The summed E-state index contributed by atoms with van der Waals surface area (Å²) in [7, 11) is 0. The molecule has 0 heterocycles. The smallest absolute Gasteiger partial charge is 0.277 e. The third kappa shape index (κ3) is 7.31. The van der Waals surface area contributed by atoms with Crippen LogP contribution in [0, 0.1) is 15.5 Å². The number of nitrogens with zero attached hydrogens (tertiary/aromatic N) is 2. The molecule has 0 aromatic heterocycles. The Morgan fingerprint density at radius 1 is 1.13 bits per heavy atom. The summed E-state index contributed by atoms with van der Waals surface area (Å²) in [6, 6.07) is 13.7. The molecule has 30 heavy (non-hydrogen) atoms. The molecule has 7 nitrogen and oxygen atoms in total. The van der Waals surface area contributed by atoms with E-state index in [-0.39, 0.29) is 23.1 Å². The molecule has 0 aliphatic rings. The van der Waals surface area contributed by atoms with Gasteiger partial charge in [0.1, 0.15) is 5.75 Å². The third-order valence-corrected chi connectivity index (χ3v) is 4.46. The van der Waals surface area contributed by atoms with Gasteiger partial charge in [0.15, 0.2) is 6.61 Å². The van der Waals surface area contributed by atoms with Crippen molar-refractivity contribution in [3.63, 3.8) is 0 Å². The van der Waals surface area contributed by atoms with Crippen LogP contribution >= 0.6 is 0 Å². The van der Waals surface area contributed by atoms with Crippen LogP contribution < -0.4 is 10.2 Å². The average Bonchev–Trinajstić information content (AvgIpc) is 2.65. The Labute approximate surface area is 177 Å². The molecule has 160 valence electrons. The van der Waals surface area contributed by atoms with Crippen LogP contribution in [0.2, 0.25) is 0 Å². The molecule has 0 unspecified atom stereocenters. The molecule has 0 aliphatic heterocycles. The third-order valence-electron chi connectivity index (χ3n) is 4.46. The lowest BCUT2D eigenvalue weighted by Gasteiger charge is -2.33. The van der Waals surface area contributed by atoms with Crippen LogP contribution in [0.3, 0.4) is 0 Å². The average molecular weight is 412 g/mol. The molecule has 7 heteroatoms. The largest absolute Gasteiger partial charge is 0.484 e. The van der Waals surface area contributed by atoms with Crippen molar-refractivity contribution in [2.75, 3.05) is 6.61 Å². The van der Waals surface area contributed by atoms with Gasteiger partial charge in [-0.05, 0) is 34.9 Å². The second-order valence-corrected chi connectivity index (χ2v) is 9.08. The first-order valence-corrected chi connectivity index (χ1v) is 9.76. The highest BCUT2D eigenvalue weighted by Crippen LogP contribution is 2.36. The maximum absolute atomic E-state index is 11.9. The van der Waals surface area contributed by atoms with E-state index in [0.29, 0.717) is 11.3 Å². The molecule has 2 aromatic carbocycles. The number of amides is 1. The van der Waals surface area contributed by atoms with Crippen LogP contribution in [0.15, 0.2) is 53.6 Å². The Hall–Kier alpha value is -3.22. The fourth-order valence-corrected chi connectivity index (χ4v) is 3.51. The Morgan fingerprint density at radius 3 is 2.40 bits per heavy atom. The predicted octanol–water partition coefficient (Wildman–Crippen LogP) is 4.84. The van der Waals surface area contributed by atoms with Gasteiger partial charge in [0, 0.05) is 17.7 Å². The van der Waals surface area contributed by atoms with Crippen molar-refractivity contribution >= 4 is 17.8 Å². The Morgan fingerprint density at radius 2 is 1.80 bits per heavy atom. The molecular formula is C23H29N3O4. The lowest BCUT2D eigenvalue weighted by Crippen LogP contribution is -2.25. The second kappa shape index (κ2) is 9.52. The fourth-order valence-electron chi connectivity index (χ4n) is 3.51. The molecule has 2 rings (SSSR count). The van der Waals surface area contributed by atoms with Crippen LogP contribution in [0.5, 0.6) is 5.75 Å². The minimum Gasteiger partial charge on any atom is -0.484 e. The van der Waals surface area contributed by atoms with Gasteiger partial charge in [-0.1, -0.05) is 58.9 Å². The number of carbonyl (C=O) groups excluding carboxylic acids is 1. The highest BCUT2D eigenvalue weighted by molar-refractivity contribution is 5.83. The SMILES string of the molecule is CC(C)(C)CC(C)(C)c1ccc(OCC(=O)N/N=C/c2cccc([N+](=O)[O-])c2)cc1. The molecule has 0 bridgehead atoms. The van der Waals surface area contributed by atoms with E-state index in [1.54, 1.807) is 12.1 Å². The standard InChI is InChI=1S/C23H29N3O4/c1-22(2,3)16-23(4,5)18-9-11-20(12-10-18)30-15-21(27)25-24-14-17-7-6-8-19(13-17)26(28)29/h6-14H,15-16H2,1-5H3,(H,25,27)/b24-14+. The van der Waals surface area contributed by atoms with Gasteiger partial charge in [-0.3, -0.25) is 14.9 Å². The molecule has 0 atom stereocenters. The summed E-state index contributed by atoms with van der Waals surface area (Å²) in [6.07, 6.45) is 2.39. The van der Waals surface area contributed by atoms with E-state index in [1.165, 1.54) is 23.9 Å². The Balaban J connectivity index is 1.86. The van der Waals surface area contributed by atoms with E-state index in [1.807, 2.05) is 24.3 Å². The van der Waals surface area contributed by atoms with Crippen LogP contribution in [0.25, 0.3) is 0 Å². The molecule has 0 radical (unpaired) electrons. The number of nitro benzene ring substituents is 1. The van der Waals surface area contributed by atoms with Gasteiger partial charge in [0.2, 0.25) is 0 Å². The molecule has 1 amide bonds. The number of nitro groups is 1. The number of non-ortho nitro benzene ring substituents is 1. The fraction of sp³-hybridized carbons (Fsp3) is 0.391. The quantitative estimate of drug-likeness (QED) is 0.382. The lowest BCUT2D eigenvalue weighted by atomic mass is 9.72. The maximum atomic E-state index is 11.9. The molecule has 0 saturated carbocycles. The summed E-state index contributed by atoms with van der Waals surface area (Å²) in [5, 5.41) is 14.6. The van der Waals surface area contributed by atoms with Crippen LogP contribution in [0.4, 0.5) is 5.69 Å². The minimum absolute atomic E-state index is 0.0371. The van der Waals surface area contributed by atoms with Gasteiger partial charge in [0.25, 0.3) is 11.6 Å². The molecular weight excluding hydrogens is 382 g/mol. The normalized spacial score (nSPS) is 12.0. The number of hydrogen-bond donors (Lipinski definition) is 1. The minimum atomic E-state index is -0.487. The second-order valence-electron chi connectivity index (χ2n) is 9.08. The lowest BCUT2D eigenvalue weighted by molar-refractivity contribution is -0.384. The van der Waals surface area contributed by atoms with Gasteiger partial charge in [-0.25, -0.2) is 5.43 Å².